The normalized spacial score (nSPS) is 24.1. The Bertz CT molecular complexity index is 537. The third kappa shape index (κ3) is 2.95. The number of nitrogens with zero attached hydrogens (tertiary/aromatic N) is 2. The molecule has 5 heteroatoms. The Kier molecular flexibility index (Phi) is 4.19. The fourth-order valence-electron chi connectivity index (χ4n) is 2.85. The molecular formula is C15H21N3OS. The van der Waals surface area contributed by atoms with Gasteiger partial charge in [-0.05, 0) is 37.4 Å². The highest BCUT2D eigenvalue weighted by atomic mass is 32.1. The molecule has 0 spiro atoms. The number of furan rings is 1. The van der Waals surface area contributed by atoms with Crippen molar-refractivity contribution in [2.24, 2.45) is 11.7 Å². The number of nitrogens with two attached hydrogens (primary N) is 1. The molecule has 3 rings (SSSR count). The van der Waals surface area contributed by atoms with Crippen molar-refractivity contribution < 1.29 is 4.42 Å². The molecule has 2 unspecified atom stereocenters. The van der Waals surface area contributed by atoms with Gasteiger partial charge < -0.3 is 10.2 Å². The molecule has 0 radical (unpaired) electrons. The molecule has 1 saturated heterocycles. The molecule has 2 aromatic rings. The molecule has 2 N–H and O–H groups in total. The number of hydrogen-bond donors (Lipinski definition) is 1. The first kappa shape index (κ1) is 13.8. The number of thiazole rings is 1. The van der Waals surface area contributed by atoms with Gasteiger partial charge in [-0.3, -0.25) is 4.90 Å². The highest BCUT2D eigenvalue weighted by molar-refractivity contribution is 7.13. The van der Waals surface area contributed by atoms with Crippen LogP contribution in [0.25, 0.3) is 10.8 Å². The summed E-state index contributed by atoms with van der Waals surface area (Å²) >= 11 is 1.64. The maximum absolute atomic E-state index is 5.92. The summed E-state index contributed by atoms with van der Waals surface area (Å²) in [4.78, 5) is 7.15. The van der Waals surface area contributed by atoms with Crippen molar-refractivity contribution in [3.63, 3.8) is 0 Å². The van der Waals surface area contributed by atoms with Crippen LogP contribution in [0, 0.1) is 5.92 Å². The third-order valence-corrected chi connectivity index (χ3v) is 4.93. The Morgan fingerprint density at radius 3 is 3.20 bits per heavy atom. The van der Waals surface area contributed by atoms with Crippen LogP contribution in [0.15, 0.2) is 28.2 Å². The van der Waals surface area contributed by atoms with Gasteiger partial charge in [-0.1, -0.05) is 6.92 Å². The highest BCUT2D eigenvalue weighted by Crippen LogP contribution is 2.27. The lowest BCUT2D eigenvalue weighted by Crippen LogP contribution is -2.45. The summed E-state index contributed by atoms with van der Waals surface area (Å²) in [6, 6.07) is 4.34. The summed E-state index contributed by atoms with van der Waals surface area (Å²) in [6.07, 6.45) is 4.14. The average Bonchev–Trinajstić information content (AvgIpc) is 3.11. The summed E-state index contributed by atoms with van der Waals surface area (Å²) < 4.78 is 5.39. The monoisotopic (exact) mass is 291 g/mol. The lowest BCUT2D eigenvalue weighted by molar-refractivity contribution is 0.114. The van der Waals surface area contributed by atoms with Crippen LogP contribution in [0.4, 0.5) is 0 Å². The van der Waals surface area contributed by atoms with E-state index in [-0.39, 0.29) is 0 Å². The lowest BCUT2D eigenvalue weighted by Gasteiger charge is -2.37. The van der Waals surface area contributed by atoms with Gasteiger partial charge in [0.15, 0.2) is 10.8 Å². The van der Waals surface area contributed by atoms with Crippen LogP contribution in [0.5, 0.6) is 0 Å². The number of piperidine rings is 1. The predicted octanol–water partition coefficient (Wildman–Crippen LogP) is 2.96. The predicted molar refractivity (Wildman–Crippen MR) is 81.5 cm³/mol. The van der Waals surface area contributed by atoms with Crippen molar-refractivity contribution in [2.45, 2.75) is 32.4 Å². The molecular weight excluding hydrogens is 270 g/mol. The van der Waals surface area contributed by atoms with Crippen molar-refractivity contribution >= 4 is 11.3 Å². The van der Waals surface area contributed by atoms with E-state index in [1.807, 2.05) is 12.1 Å². The maximum atomic E-state index is 5.92. The van der Waals surface area contributed by atoms with Gasteiger partial charge in [-0.2, -0.15) is 0 Å². The van der Waals surface area contributed by atoms with Crippen LogP contribution in [0.2, 0.25) is 0 Å². The molecule has 108 valence electrons. The topological polar surface area (TPSA) is 55.3 Å². The quantitative estimate of drug-likeness (QED) is 0.941. The summed E-state index contributed by atoms with van der Waals surface area (Å²) in [7, 11) is 0. The van der Waals surface area contributed by atoms with Crippen LogP contribution >= 0.6 is 11.3 Å². The average molecular weight is 291 g/mol. The largest absolute Gasteiger partial charge is 0.462 e. The van der Waals surface area contributed by atoms with Crippen molar-refractivity contribution in [3.8, 4) is 10.8 Å². The van der Waals surface area contributed by atoms with E-state index >= 15 is 0 Å². The van der Waals surface area contributed by atoms with Crippen molar-refractivity contribution in [3.05, 3.63) is 29.5 Å². The van der Waals surface area contributed by atoms with E-state index in [4.69, 9.17) is 10.2 Å². The zero-order valence-corrected chi connectivity index (χ0v) is 12.6. The molecule has 2 atom stereocenters. The molecule has 0 bridgehead atoms. The molecule has 2 aromatic heterocycles. The number of aromatic nitrogens is 1. The second kappa shape index (κ2) is 6.08. The summed E-state index contributed by atoms with van der Waals surface area (Å²) in [5.41, 5.74) is 7.04. The minimum absolute atomic E-state index is 0.493. The third-order valence-electron chi connectivity index (χ3n) is 4.02. The van der Waals surface area contributed by atoms with Gasteiger partial charge in [0.1, 0.15) is 0 Å². The summed E-state index contributed by atoms with van der Waals surface area (Å²) in [5, 5.41) is 3.09. The fourth-order valence-corrected chi connectivity index (χ4v) is 3.63. The molecule has 0 aliphatic carbocycles. The van der Waals surface area contributed by atoms with Crippen LogP contribution in [0.3, 0.4) is 0 Å². The van der Waals surface area contributed by atoms with Gasteiger partial charge in [0, 0.05) is 24.5 Å². The molecule has 3 heterocycles. The second-order valence-electron chi connectivity index (χ2n) is 5.61. The number of hydrogen-bond acceptors (Lipinski definition) is 5. The van der Waals surface area contributed by atoms with Crippen LogP contribution in [0.1, 0.15) is 25.5 Å². The van der Waals surface area contributed by atoms with E-state index in [9.17, 15) is 0 Å². The van der Waals surface area contributed by atoms with Gasteiger partial charge >= 0.3 is 0 Å². The number of likely N-dealkylation sites (tertiary alicyclic amines) is 1. The van der Waals surface area contributed by atoms with Gasteiger partial charge in [-0.15, -0.1) is 11.3 Å². The second-order valence-corrected chi connectivity index (χ2v) is 6.47. The molecule has 1 aliphatic rings. The molecule has 0 saturated carbocycles. The Labute approximate surface area is 123 Å². The van der Waals surface area contributed by atoms with Gasteiger partial charge in [0.2, 0.25) is 0 Å². The van der Waals surface area contributed by atoms with E-state index in [0.29, 0.717) is 6.04 Å². The molecule has 1 fully saturated rings. The van der Waals surface area contributed by atoms with E-state index in [2.05, 4.69) is 22.2 Å². The maximum Gasteiger partial charge on any atom is 0.162 e. The van der Waals surface area contributed by atoms with E-state index in [1.54, 1.807) is 17.6 Å². The van der Waals surface area contributed by atoms with Crippen LogP contribution < -0.4 is 5.73 Å². The van der Waals surface area contributed by atoms with Crippen molar-refractivity contribution in [1.82, 2.24) is 9.88 Å². The van der Waals surface area contributed by atoms with Gasteiger partial charge in [-0.25, -0.2) is 4.98 Å². The van der Waals surface area contributed by atoms with Crippen molar-refractivity contribution in [1.29, 1.82) is 0 Å². The molecule has 0 aromatic carbocycles. The van der Waals surface area contributed by atoms with E-state index < -0.39 is 0 Å². The molecule has 1 aliphatic heterocycles. The smallest absolute Gasteiger partial charge is 0.162 e. The standard InChI is InChI=1S/C15H21N3OS/c1-11-4-5-18(13(7-11)8-16)9-12-10-20-15(17-12)14-3-2-6-19-14/h2-3,6,10-11,13H,4-5,7-9,16H2,1H3. The zero-order chi connectivity index (χ0) is 13.9. The minimum atomic E-state index is 0.493. The lowest BCUT2D eigenvalue weighted by atomic mass is 9.92. The Morgan fingerprint density at radius 1 is 1.55 bits per heavy atom. The highest BCUT2D eigenvalue weighted by Gasteiger charge is 2.25. The molecule has 4 nitrogen and oxygen atoms in total. The van der Waals surface area contributed by atoms with Crippen LogP contribution in [-0.2, 0) is 6.54 Å². The van der Waals surface area contributed by atoms with Crippen molar-refractivity contribution in [2.75, 3.05) is 13.1 Å². The van der Waals surface area contributed by atoms with E-state index in [0.717, 1.165) is 42.0 Å². The Morgan fingerprint density at radius 2 is 2.45 bits per heavy atom. The first-order chi connectivity index (χ1) is 9.76. The fraction of sp³-hybridized carbons (Fsp3) is 0.533. The minimum Gasteiger partial charge on any atom is -0.462 e. The molecule has 20 heavy (non-hydrogen) atoms. The SMILES string of the molecule is CC1CCN(Cc2csc(-c3ccco3)n2)C(CN)C1. The first-order valence-electron chi connectivity index (χ1n) is 7.18. The molecule has 0 amide bonds. The Balaban J connectivity index is 1.68. The van der Waals surface area contributed by atoms with Crippen LogP contribution in [-0.4, -0.2) is 29.0 Å². The summed E-state index contributed by atoms with van der Waals surface area (Å²) in [5.74, 6) is 1.64. The Hall–Kier alpha value is -1.17. The zero-order valence-electron chi connectivity index (χ0n) is 11.8. The van der Waals surface area contributed by atoms with Gasteiger partial charge in [0.05, 0.1) is 12.0 Å². The van der Waals surface area contributed by atoms with E-state index in [1.165, 1.54) is 12.8 Å². The summed E-state index contributed by atoms with van der Waals surface area (Å²) in [6.45, 7) is 5.07. The first-order valence-corrected chi connectivity index (χ1v) is 8.06. The number of rotatable bonds is 4. The van der Waals surface area contributed by atoms with Gasteiger partial charge in [0.25, 0.3) is 0 Å².